The van der Waals surface area contributed by atoms with E-state index in [1.165, 1.54) is 48.3 Å². The monoisotopic (exact) mass is 899 g/mol. The summed E-state index contributed by atoms with van der Waals surface area (Å²) in [7, 11) is 6.33. The SMILES string of the molecule is CC1(C)O[B]OC1(C)C.COC(=O)c1ccc(-c2cc(OC)ccc2F)c(B2OC(C)(C)C(C)(C)O2)c1.COC(=O)c1ccc(-c2cc(OC)ccc2F)c(I)c1. The minimum atomic E-state index is -0.768. The van der Waals surface area contributed by atoms with Gasteiger partial charge in [-0.2, -0.15) is 0 Å². The lowest BCUT2D eigenvalue weighted by atomic mass is 9.73. The van der Waals surface area contributed by atoms with E-state index in [1.807, 2.05) is 55.4 Å². The summed E-state index contributed by atoms with van der Waals surface area (Å²) in [5.74, 6) is -0.558. The Labute approximate surface area is 348 Å². The zero-order valence-corrected chi connectivity index (χ0v) is 36.5. The highest BCUT2D eigenvalue weighted by molar-refractivity contribution is 14.1. The molecule has 0 aromatic heterocycles. The van der Waals surface area contributed by atoms with Crippen LogP contribution < -0.4 is 14.9 Å². The molecule has 2 aliphatic heterocycles. The first kappa shape index (κ1) is 45.7. The molecule has 4 aromatic carbocycles. The Balaban J connectivity index is 0.000000215. The lowest BCUT2D eigenvalue weighted by Crippen LogP contribution is -2.41. The summed E-state index contributed by atoms with van der Waals surface area (Å²) in [4.78, 5) is 23.5. The highest BCUT2D eigenvalue weighted by Gasteiger charge is 2.52. The Morgan fingerprint density at radius 2 is 1.00 bits per heavy atom. The molecule has 6 rings (SSSR count). The number of halogens is 3. The van der Waals surface area contributed by atoms with Crippen molar-refractivity contribution in [2.75, 3.05) is 28.4 Å². The third-order valence-corrected chi connectivity index (χ3v) is 11.3. The number of rotatable bonds is 7. The van der Waals surface area contributed by atoms with Gasteiger partial charge in [0.15, 0.2) is 0 Å². The number of esters is 2. The van der Waals surface area contributed by atoms with Crippen LogP contribution in [-0.2, 0) is 28.1 Å². The standard InChI is InChI=1S/C21H24BFO5.C15H12FIO3.C6H12BO2/c1-20(2)21(3,4)28-22(27-20)17-11-13(19(24)26-6)7-9-15(17)16-12-14(25-5)8-10-18(16)23;1-19-10-4-6-13(16)12(8-10)11-5-3-9(7-14(11)17)15(18)20-2;1-5(2)6(3,4)9-7-8-5/h7-12H,1-6H3;3-8H,1-2H3;1-4H3. The van der Waals surface area contributed by atoms with Gasteiger partial charge in [-0.3, -0.25) is 0 Å². The van der Waals surface area contributed by atoms with E-state index in [0.717, 1.165) is 3.57 Å². The highest BCUT2D eigenvalue weighted by atomic mass is 127. The van der Waals surface area contributed by atoms with Gasteiger partial charge in [0.25, 0.3) is 0 Å². The molecule has 10 nitrogen and oxygen atoms in total. The summed E-state index contributed by atoms with van der Waals surface area (Å²) in [6.07, 6.45) is 0. The van der Waals surface area contributed by atoms with Crippen LogP contribution in [0.3, 0.4) is 0 Å². The van der Waals surface area contributed by atoms with Gasteiger partial charge in [-0.25, -0.2) is 18.4 Å². The lowest BCUT2D eigenvalue weighted by Gasteiger charge is -2.32. The molecular formula is C42H48B2F2IO10. The third kappa shape index (κ3) is 10.4. The van der Waals surface area contributed by atoms with Crippen molar-refractivity contribution in [3.05, 3.63) is 99.1 Å². The van der Waals surface area contributed by atoms with Crippen molar-refractivity contribution in [2.24, 2.45) is 0 Å². The fourth-order valence-electron chi connectivity index (χ4n) is 5.42. The van der Waals surface area contributed by atoms with E-state index in [-0.39, 0.29) is 17.0 Å². The van der Waals surface area contributed by atoms with Crippen molar-refractivity contribution in [3.8, 4) is 33.8 Å². The normalized spacial score (nSPS) is 16.9. The molecule has 0 saturated carbocycles. The van der Waals surface area contributed by atoms with Crippen molar-refractivity contribution < 1.29 is 55.9 Å². The van der Waals surface area contributed by atoms with E-state index in [0.29, 0.717) is 50.3 Å². The lowest BCUT2D eigenvalue weighted by molar-refractivity contribution is 0.00578. The Kier molecular flexibility index (Phi) is 14.6. The van der Waals surface area contributed by atoms with Crippen molar-refractivity contribution in [2.45, 2.75) is 77.8 Å². The van der Waals surface area contributed by atoms with Crippen LogP contribution in [0.4, 0.5) is 8.78 Å². The van der Waals surface area contributed by atoms with Gasteiger partial charge in [-0.15, -0.1) is 0 Å². The second-order valence-electron chi connectivity index (χ2n) is 15.1. The van der Waals surface area contributed by atoms with Gasteiger partial charge >= 0.3 is 26.7 Å². The Hall–Kier alpha value is -4.02. The Morgan fingerprint density at radius 1 is 0.579 bits per heavy atom. The zero-order chi connectivity index (χ0) is 42.5. The van der Waals surface area contributed by atoms with Crippen LogP contribution in [0.25, 0.3) is 22.3 Å². The molecule has 0 aliphatic carbocycles. The van der Waals surface area contributed by atoms with Crippen molar-refractivity contribution >= 4 is 54.8 Å². The summed E-state index contributed by atoms with van der Waals surface area (Å²) < 4.78 is 71.9. The van der Waals surface area contributed by atoms with Crippen LogP contribution in [-0.4, -0.2) is 77.6 Å². The summed E-state index contributed by atoms with van der Waals surface area (Å²) >= 11 is 2.06. The Morgan fingerprint density at radius 3 is 1.39 bits per heavy atom. The van der Waals surface area contributed by atoms with Crippen molar-refractivity contribution in [3.63, 3.8) is 0 Å². The minimum absolute atomic E-state index is 0.187. The smallest absolute Gasteiger partial charge is 0.495 e. The maximum Gasteiger partial charge on any atom is 0.495 e. The summed E-state index contributed by atoms with van der Waals surface area (Å²) in [6, 6.07) is 18.9. The quantitative estimate of drug-likeness (QED) is 0.102. The van der Waals surface area contributed by atoms with Gasteiger partial charge in [-0.05, 0) is 155 Å². The molecule has 2 saturated heterocycles. The van der Waals surface area contributed by atoms with Gasteiger partial charge in [0.1, 0.15) is 23.1 Å². The maximum absolute atomic E-state index is 14.7. The fourth-order valence-corrected chi connectivity index (χ4v) is 6.23. The summed E-state index contributed by atoms with van der Waals surface area (Å²) in [6.45, 7) is 15.8. The second kappa shape index (κ2) is 18.3. The third-order valence-electron chi connectivity index (χ3n) is 10.4. The largest absolute Gasteiger partial charge is 0.497 e. The Bertz CT molecular complexity index is 2060. The van der Waals surface area contributed by atoms with Crippen LogP contribution in [0.1, 0.15) is 76.1 Å². The molecular weight excluding hydrogens is 851 g/mol. The van der Waals surface area contributed by atoms with Crippen LogP contribution in [0.2, 0.25) is 0 Å². The molecule has 0 atom stereocenters. The van der Waals surface area contributed by atoms with E-state index in [9.17, 15) is 18.4 Å². The van der Waals surface area contributed by atoms with E-state index < -0.39 is 36.1 Å². The molecule has 2 aliphatic rings. The van der Waals surface area contributed by atoms with Crippen molar-refractivity contribution in [1.82, 2.24) is 0 Å². The molecule has 4 aromatic rings. The van der Waals surface area contributed by atoms with E-state index in [1.54, 1.807) is 60.7 Å². The molecule has 0 spiro atoms. The molecule has 1 radical (unpaired) electrons. The van der Waals surface area contributed by atoms with Crippen LogP contribution in [0.15, 0.2) is 72.8 Å². The molecule has 0 N–H and O–H groups in total. The first-order valence-electron chi connectivity index (χ1n) is 17.9. The highest BCUT2D eigenvalue weighted by Crippen LogP contribution is 2.38. The van der Waals surface area contributed by atoms with Crippen LogP contribution in [0, 0.1) is 15.2 Å². The predicted molar refractivity (Wildman–Crippen MR) is 224 cm³/mol. The zero-order valence-electron chi connectivity index (χ0n) is 34.3. The summed E-state index contributed by atoms with van der Waals surface area (Å²) in [5.41, 5.74) is 1.81. The first-order chi connectivity index (χ1) is 26.6. The minimum Gasteiger partial charge on any atom is -0.497 e. The number of benzene rings is 4. The number of hydrogen-bond acceptors (Lipinski definition) is 10. The second-order valence-corrected chi connectivity index (χ2v) is 16.3. The molecule has 303 valence electrons. The average Bonchev–Trinajstić information content (AvgIpc) is 3.56. The topological polar surface area (TPSA) is 108 Å². The van der Waals surface area contributed by atoms with Crippen LogP contribution in [0.5, 0.6) is 11.5 Å². The van der Waals surface area contributed by atoms with Gasteiger partial charge in [-0.1, -0.05) is 12.1 Å². The van der Waals surface area contributed by atoms with Gasteiger partial charge in [0.2, 0.25) is 0 Å². The van der Waals surface area contributed by atoms with Crippen LogP contribution >= 0.6 is 22.6 Å². The number of carbonyl (C=O) groups is 2. The van der Waals surface area contributed by atoms with E-state index >= 15 is 0 Å². The number of ether oxygens (including phenoxy) is 4. The maximum atomic E-state index is 14.7. The van der Waals surface area contributed by atoms with Crippen molar-refractivity contribution in [1.29, 1.82) is 0 Å². The van der Waals surface area contributed by atoms with Gasteiger partial charge in [0, 0.05) is 14.7 Å². The predicted octanol–water partition coefficient (Wildman–Crippen LogP) is 8.60. The van der Waals surface area contributed by atoms with E-state index in [4.69, 9.17) is 32.8 Å². The summed E-state index contributed by atoms with van der Waals surface area (Å²) in [5, 5.41) is 0. The molecule has 0 amide bonds. The molecule has 0 bridgehead atoms. The van der Waals surface area contributed by atoms with Gasteiger partial charge < -0.3 is 37.6 Å². The molecule has 0 unspecified atom stereocenters. The molecule has 15 heteroatoms. The number of methoxy groups -OCH3 is 4. The molecule has 2 fully saturated rings. The number of carbonyl (C=O) groups excluding carboxylic acids is 2. The fraction of sp³-hybridized carbons (Fsp3) is 0.381. The van der Waals surface area contributed by atoms with E-state index in [2.05, 4.69) is 27.3 Å². The number of hydrogen-bond donors (Lipinski definition) is 0. The molecule has 57 heavy (non-hydrogen) atoms. The molecule has 2 heterocycles. The van der Waals surface area contributed by atoms with Gasteiger partial charge in [0.05, 0.1) is 62.0 Å². The average molecular weight is 899 g/mol. The first-order valence-corrected chi connectivity index (χ1v) is 19.0.